The fourth-order valence-electron chi connectivity index (χ4n) is 4.52. The van der Waals surface area contributed by atoms with E-state index in [4.69, 9.17) is 4.74 Å². The molecule has 5 heterocycles. The first-order chi connectivity index (χ1) is 17.9. The van der Waals surface area contributed by atoms with Crippen molar-refractivity contribution in [1.29, 1.82) is 0 Å². The molecule has 38 heavy (non-hydrogen) atoms. The van der Waals surface area contributed by atoms with Gasteiger partial charge in [-0.05, 0) is 45.9 Å². The van der Waals surface area contributed by atoms with Crippen molar-refractivity contribution >= 4 is 44.4 Å². The molecule has 10 nitrogen and oxygen atoms in total. The molecule has 0 aliphatic carbocycles. The van der Waals surface area contributed by atoms with Crippen molar-refractivity contribution in [3.63, 3.8) is 0 Å². The first-order valence-corrected chi connectivity index (χ1v) is 12.7. The minimum absolute atomic E-state index is 0.0896. The molecule has 0 saturated carbocycles. The largest absolute Gasteiger partial charge is 0.418 e. The third-order valence-corrected chi connectivity index (χ3v) is 7.01. The summed E-state index contributed by atoms with van der Waals surface area (Å²) in [7, 11) is 0. The zero-order chi connectivity index (χ0) is 27.4. The standard InChI is InChI=1S/C24H24F3N7O3S/c1-10-8-34(9-11(2)37-10)23(36)22-31-15-5-6-17(32-21(15)38-22)28-12(3)18-14(24(25,26)27)7-16-19(33-18)20(35)30-13(4)29-16/h5-7,10-12H,8-9H2,1-4H3,(H,28,32)(H,29,30,35)/t10-,11+,12-/m0/s1. The van der Waals surface area contributed by atoms with Crippen LogP contribution in [0.4, 0.5) is 19.0 Å². The zero-order valence-corrected chi connectivity index (χ0v) is 21.7. The molecule has 200 valence electrons. The molecule has 0 unspecified atom stereocenters. The minimum Gasteiger partial charge on any atom is -0.372 e. The lowest BCUT2D eigenvalue weighted by Crippen LogP contribution is -2.48. The Hall–Kier alpha value is -3.65. The summed E-state index contributed by atoms with van der Waals surface area (Å²) in [6, 6.07) is 3.08. The smallest absolute Gasteiger partial charge is 0.372 e. The number of ether oxygens (including phenoxy) is 1. The number of aryl methyl sites for hydroxylation is 1. The molecule has 1 fully saturated rings. The normalized spacial score (nSPS) is 19.2. The van der Waals surface area contributed by atoms with Gasteiger partial charge >= 0.3 is 6.18 Å². The average molecular weight is 548 g/mol. The second-order valence-electron chi connectivity index (χ2n) is 9.31. The second-order valence-corrected chi connectivity index (χ2v) is 10.3. The number of nitrogens with zero attached hydrogens (tertiary/aromatic N) is 5. The van der Waals surface area contributed by atoms with Gasteiger partial charge < -0.3 is 19.9 Å². The maximum Gasteiger partial charge on any atom is 0.418 e. The molecule has 1 aliphatic heterocycles. The number of hydrogen-bond donors (Lipinski definition) is 2. The van der Waals surface area contributed by atoms with E-state index in [9.17, 15) is 22.8 Å². The molecule has 0 spiro atoms. The van der Waals surface area contributed by atoms with Gasteiger partial charge in [0.15, 0.2) is 10.5 Å². The fraction of sp³-hybridized carbons (Fsp3) is 0.417. The quantitative estimate of drug-likeness (QED) is 0.392. The summed E-state index contributed by atoms with van der Waals surface area (Å²) >= 11 is 1.11. The number of alkyl halides is 3. The van der Waals surface area contributed by atoms with Gasteiger partial charge in [0.2, 0.25) is 0 Å². The van der Waals surface area contributed by atoms with Gasteiger partial charge in [0, 0.05) is 13.1 Å². The number of amides is 1. The van der Waals surface area contributed by atoms with Crippen molar-refractivity contribution in [2.24, 2.45) is 0 Å². The van der Waals surface area contributed by atoms with Gasteiger partial charge in [0.05, 0.1) is 35.0 Å². The van der Waals surface area contributed by atoms with Crippen molar-refractivity contribution in [2.75, 3.05) is 18.4 Å². The first kappa shape index (κ1) is 26.0. The van der Waals surface area contributed by atoms with Gasteiger partial charge in [0.1, 0.15) is 22.0 Å². The van der Waals surface area contributed by atoms with Crippen molar-refractivity contribution in [2.45, 2.75) is 52.1 Å². The Labute approximate surface area is 218 Å². The van der Waals surface area contributed by atoms with E-state index < -0.39 is 23.3 Å². The molecular weight excluding hydrogens is 523 g/mol. The van der Waals surface area contributed by atoms with E-state index in [1.54, 1.807) is 17.0 Å². The summed E-state index contributed by atoms with van der Waals surface area (Å²) in [6.07, 6.45) is -4.90. The Balaban J connectivity index is 1.44. The summed E-state index contributed by atoms with van der Waals surface area (Å²) in [5.41, 5.74) is -1.81. The van der Waals surface area contributed by atoms with E-state index >= 15 is 0 Å². The molecular formula is C24H24F3N7O3S. The third-order valence-electron chi connectivity index (χ3n) is 6.05. The SMILES string of the molecule is Cc1nc2cc(C(F)(F)F)c([C@H](C)Nc3ccc4nc(C(=O)N5C[C@@H](C)O[C@@H](C)C5)sc4n3)nc2c(=O)[nH]1. The molecule has 0 bridgehead atoms. The highest BCUT2D eigenvalue weighted by molar-refractivity contribution is 7.19. The van der Waals surface area contributed by atoms with Crippen LogP contribution >= 0.6 is 11.3 Å². The monoisotopic (exact) mass is 547 g/mol. The Kier molecular flexibility index (Phi) is 6.55. The van der Waals surface area contributed by atoms with Crippen LogP contribution in [0, 0.1) is 6.92 Å². The Morgan fingerprint density at radius 2 is 1.87 bits per heavy atom. The number of morpholine rings is 1. The van der Waals surface area contributed by atoms with Crippen molar-refractivity contribution in [1.82, 2.24) is 29.8 Å². The van der Waals surface area contributed by atoms with Crippen LogP contribution in [-0.4, -0.2) is 61.0 Å². The number of aromatic amines is 1. The first-order valence-electron chi connectivity index (χ1n) is 11.9. The summed E-state index contributed by atoms with van der Waals surface area (Å²) in [5.74, 6) is 0.239. The van der Waals surface area contributed by atoms with E-state index in [-0.39, 0.29) is 51.5 Å². The molecule has 14 heteroatoms. The van der Waals surface area contributed by atoms with Crippen LogP contribution in [0.3, 0.4) is 0 Å². The van der Waals surface area contributed by atoms with Gasteiger partial charge in [-0.15, -0.1) is 0 Å². The highest BCUT2D eigenvalue weighted by Crippen LogP contribution is 2.36. The summed E-state index contributed by atoms with van der Waals surface area (Å²) in [4.78, 5) is 46.9. The van der Waals surface area contributed by atoms with Crippen LogP contribution in [0.15, 0.2) is 23.0 Å². The number of carbonyl (C=O) groups is 1. The number of fused-ring (bicyclic) bond motifs is 2. The molecule has 1 saturated heterocycles. The molecule has 4 aromatic rings. The van der Waals surface area contributed by atoms with E-state index in [2.05, 4.69) is 30.2 Å². The summed E-state index contributed by atoms with van der Waals surface area (Å²) in [6.45, 7) is 7.68. The lowest BCUT2D eigenvalue weighted by Gasteiger charge is -2.34. The van der Waals surface area contributed by atoms with Gasteiger partial charge in [0.25, 0.3) is 11.5 Å². The topological polar surface area (TPSA) is 126 Å². The second kappa shape index (κ2) is 9.58. The fourth-order valence-corrected chi connectivity index (χ4v) is 5.42. The van der Waals surface area contributed by atoms with Crippen LogP contribution in [0.5, 0.6) is 0 Å². The highest BCUT2D eigenvalue weighted by Gasteiger charge is 2.37. The van der Waals surface area contributed by atoms with E-state index in [0.717, 1.165) is 17.4 Å². The Morgan fingerprint density at radius 3 is 2.55 bits per heavy atom. The van der Waals surface area contributed by atoms with Crippen molar-refractivity contribution < 1.29 is 22.7 Å². The number of hydrogen-bond acceptors (Lipinski definition) is 9. The number of carbonyl (C=O) groups excluding carboxylic acids is 1. The van der Waals surface area contributed by atoms with Crippen LogP contribution in [0.25, 0.3) is 21.4 Å². The average Bonchev–Trinajstić information content (AvgIpc) is 3.25. The number of anilines is 1. The van der Waals surface area contributed by atoms with E-state index in [1.807, 2.05) is 13.8 Å². The number of H-pyrrole nitrogens is 1. The van der Waals surface area contributed by atoms with Crippen LogP contribution in [0.1, 0.15) is 53.7 Å². The highest BCUT2D eigenvalue weighted by atomic mass is 32.1. The molecule has 4 aromatic heterocycles. The van der Waals surface area contributed by atoms with E-state index in [0.29, 0.717) is 23.4 Å². The number of thiazole rings is 1. The van der Waals surface area contributed by atoms with Gasteiger partial charge in [-0.25, -0.2) is 19.9 Å². The molecule has 3 atom stereocenters. The lowest BCUT2D eigenvalue weighted by molar-refractivity contribution is -0.138. The van der Waals surface area contributed by atoms with Crippen LogP contribution < -0.4 is 10.9 Å². The van der Waals surface area contributed by atoms with Crippen molar-refractivity contribution in [3.05, 3.63) is 50.6 Å². The molecule has 1 amide bonds. The Morgan fingerprint density at radius 1 is 1.16 bits per heavy atom. The predicted octanol–water partition coefficient (Wildman–Crippen LogP) is 4.07. The maximum absolute atomic E-state index is 13.9. The van der Waals surface area contributed by atoms with Gasteiger partial charge in [-0.3, -0.25) is 9.59 Å². The number of halogens is 3. The minimum atomic E-state index is -4.72. The number of rotatable bonds is 4. The number of nitrogens with one attached hydrogen (secondary N) is 2. The Bertz CT molecular complexity index is 1590. The zero-order valence-electron chi connectivity index (χ0n) is 20.9. The van der Waals surface area contributed by atoms with Crippen molar-refractivity contribution in [3.8, 4) is 0 Å². The van der Waals surface area contributed by atoms with Crippen LogP contribution in [-0.2, 0) is 10.9 Å². The molecule has 0 aromatic carbocycles. The molecule has 2 N–H and O–H groups in total. The predicted molar refractivity (Wildman–Crippen MR) is 135 cm³/mol. The maximum atomic E-state index is 13.9. The molecule has 5 rings (SSSR count). The van der Waals surface area contributed by atoms with Gasteiger partial charge in [-0.1, -0.05) is 11.3 Å². The third kappa shape index (κ3) is 5.05. The number of aromatic nitrogens is 5. The molecule has 0 radical (unpaired) electrons. The van der Waals surface area contributed by atoms with Gasteiger partial charge in [-0.2, -0.15) is 13.2 Å². The van der Waals surface area contributed by atoms with E-state index in [1.165, 1.54) is 13.8 Å². The summed E-state index contributed by atoms with van der Waals surface area (Å²) in [5, 5.41) is 3.21. The van der Waals surface area contributed by atoms with Crippen LogP contribution in [0.2, 0.25) is 0 Å². The summed E-state index contributed by atoms with van der Waals surface area (Å²) < 4.78 is 47.4. The lowest BCUT2D eigenvalue weighted by atomic mass is 10.1. The number of pyridine rings is 2. The molecule has 1 aliphatic rings.